The van der Waals surface area contributed by atoms with Gasteiger partial charge in [0, 0.05) is 33.3 Å². The Kier molecular flexibility index (Phi) is 6.40. The van der Waals surface area contributed by atoms with Crippen LogP contribution >= 0.6 is 23.2 Å². The number of aromatic carboxylic acids is 1. The van der Waals surface area contributed by atoms with Crippen molar-refractivity contribution in [1.29, 1.82) is 0 Å². The van der Waals surface area contributed by atoms with E-state index in [0.29, 0.717) is 37.2 Å². The summed E-state index contributed by atoms with van der Waals surface area (Å²) in [6.07, 6.45) is 0.0252. The van der Waals surface area contributed by atoms with Crippen LogP contribution in [-0.4, -0.2) is 26.3 Å². The summed E-state index contributed by atoms with van der Waals surface area (Å²) in [6, 6.07) is 19.0. The summed E-state index contributed by atoms with van der Waals surface area (Å²) in [7, 11) is 0. The topological polar surface area (TPSA) is 74.5 Å². The zero-order valence-electron chi connectivity index (χ0n) is 17.2. The third-order valence-electron chi connectivity index (χ3n) is 4.79. The SMILES string of the molecule is CC(C)Oc1ccc(-n2c(C(=O)O)c(Cl)c3cc([S+]([O-])c4ccc(Cl)cc4)ccc32)cc1. The summed E-state index contributed by atoms with van der Waals surface area (Å²) >= 11 is 11.0. The van der Waals surface area contributed by atoms with E-state index in [1.165, 1.54) is 0 Å². The molecule has 0 amide bonds. The van der Waals surface area contributed by atoms with Gasteiger partial charge >= 0.3 is 5.97 Å². The summed E-state index contributed by atoms with van der Waals surface area (Å²) < 4.78 is 20.3. The maximum absolute atomic E-state index is 13.0. The average Bonchev–Trinajstić information content (AvgIpc) is 3.06. The van der Waals surface area contributed by atoms with Crippen molar-refractivity contribution in [3.05, 3.63) is 82.5 Å². The second-order valence-corrected chi connectivity index (χ2v) is 9.66. The molecule has 32 heavy (non-hydrogen) atoms. The molecule has 0 aliphatic heterocycles. The highest BCUT2D eigenvalue weighted by Gasteiger charge is 2.25. The highest BCUT2D eigenvalue weighted by atomic mass is 35.5. The fraction of sp³-hybridized carbons (Fsp3) is 0.125. The van der Waals surface area contributed by atoms with Crippen LogP contribution in [0.4, 0.5) is 0 Å². The van der Waals surface area contributed by atoms with Crippen molar-refractivity contribution in [2.45, 2.75) is 29.7 Å². The molecule has 1 unspecified atom stereocenters. The van der Waals surface area contributed by atoms with E-state index in [1.807, 2.05) is 13.8 Å². The second kappa shape index (κ2) is 9.08. The Labute approximate surface area is 198 Å². The molecule has 164 valence electrons. The van der Waals surface area contributed by atoms with Crippen LogP contribution in [0.1, 0.15) is 24.3 Å². The fourth-order valence-corrected chi connectivity index (χ4v) is 4.96. The molecule has 3 aromatic carbocycles. The first-order chi connectivity index (χ1) is 15.3. The smallest absolute Gasteiger partial charge is 0.354 e. The maximum atomic E-state index is 13.0. The van der Waals surface area contributed by atoms with Gasteiger partial charge in [-0.2, -0.15) is 0 Å². The Morgan fingerprint density at radius 2 is 1.62 bits per heavy atom. The van der Waals surface area contributed by atoms with Crippen LogP contribution in [0.15, 0.2) is 76.5 Å². The van der Waals surface area contributed by atoms with Crippen molar-refractivity contribution in [3.63, 3.8) is 0 Å². The molecule has 0 bridgehead atoms. The summed E-state index contributed by atoms with van der Waals surface area (Å²) in [5, 5.41) is 11.0. The minimum Gasteiger partial charge on any atom is -0.606 e. The molecule has 0 aliphatic rings. The van der Waals surface area contributed by atoms with Gasteiger partial charge < -0.3 is 19.0 Å². The van der Waals surface area contributed by atoms with Crippen LogP contribution in [0.5, 0.6) is 5.75 Å². The van der Waals surface area contributed by atoms with Crippen molar-refractivity contribution in [3.8, 4) is 11.4 Å². The number of carbonyl (C=O) groups is 1. The second-order valence-electron chi connectivity index (χ2n) is 7.37. The molecule has 0 aliphatic carbocycles. The molecule has 0 saturated heterocycles. The third kappa shape index (κ3) is 4.32. The van der Waals surface area contributed by atoms with Crippen molar-refractivity contribution in [1.82, 2.24) is 4.57 Å². The minimum atomic E-state index is -1.47. The van der Waals surface area contributed by atoms with E-state index in [-0.39, 0.29) is 16.8 Å². The molecule has 0 spiro atoms. The first kappa shape index (κ1) is 22.6. The van der Waals surface area contributed by atoms with Gasteiger partial charge in [-0.05, 0) is 74.5 Å². The molecule has 5 nitrogen and oxygen atoms in total. The summed E-state index contributed by atoms with van der Waals surface area (Å²) in [5.41, 5.74) is 1.16. The van der Waals surface area contributed by atoms with Crippen LogP contribution in [-0.2, 0) is 11.2 Å². The number of fused-ring (bicyclic) bond motifs is 1. The predicted octanol–water partition coefficient (Wildman–Crippen LogP) is 6.59. The Morgan fingerprint density at radius 1 is 1.00 bits per heavy atom. The molecule has 4 rings (SSSR count). The van der Waals surface area contributed by atoms with E-state index in [1.54, 1.807) is 71.3 Å². The van der Waals surface area contributed by atoms with Gasteiger partial charge in [0.05, 0.1) is 16.6 Å². The van der Waals surface area contributed by atoms with Crippen LogP contribution in [0.25, 0.3) is 16.6 Å². The van der Waals surface area contributed by atoms with Gasteiger partial charge in [-0.3, -0.25) is 0 Å². The monoisotopic (exact) mass is 487 g/mol. The lowest BCUT2D eigenvalue weighted by atomic mass is 10.2. The number of benzene rings is 3. The molecule has 0 radical (unpaired) electrons. The lowest BCUT2D eigenvalue weighted by molar-refractivity contribution is 0.0689. The molecule has 8 heteroatoms. The Morgan fingerprint density at radius 3 is 2.22 bits per heavy atom. The van der Waals surface area contributed by atoms with Crippen LogP contribution in [0.2, 0.25) is 10.0 Å². The lowest BCUT2D eigenvalue weighted by Gasteiger charge is -2.13. The van der Waals surface area contributed by atoms with Crippen LogP contribution in [0, 0.1) is 0 Å². The third-order valence-corrected chi connectivity index (χ3v) is 6.80. The number of hydrogen-bond donors (Lipinski definition) is 1. The number of hydrogen-bond acceptors (Lipinski definition) is 3. The van der Waals surface area contributed by atoms with Gasteiger partial charge in [0.15, 0.2) is 15.5 Å². The van der Waals surface area contributed by atoms with E-state index < -0.39 is 17.1 Å². The van der Waals surface area contributed by atoms with Crippen molar-refractivity contribution in [2.24, 2.45) is 0 Å². The maximum Gasteiger partial charge on any atom is 0.354 e. The standard InChI is InChI=1S/C24H19Cl2NO4S/c1-14(2)31-17-7-5-16(6-8-17)27-21-12-11-19(13-20(21)22(26)23(27)24(28)29)32(30)18-9-3-15(25)4-10-18/h3-14H,1-2H3,(H,28,29). The Hall–Kier alpha value is -2.64. The highest BCUT2D eigenvalue weighted by Crippen LogP contribution is 2.36. The highest BCUT2D eigenvalue weighted by molar-refractivity contribution is 7.91. The average molecular weight is 488 g/mol. The summed E-state index contributed by atoms with van der Waals surface area (Å²) in [5.74, 6) is -0.474. The van der Waals surface area contributed by atoms with Crippen molar-refractivity contribution in [2.75, 3.05) is 0 Å². The molecule has 0 saturated carbocycles. The van der Waals surface area contributed by atoms with Gasteiger partial charge in [0.2, 0.25) is 0 Å². The first-order valence-corrected chi connectivity index (χ1v) is 11.7. The quantitative estimate of drug-likeness (QED) is 0.311. The first-order valence-electron chi connectivity index (χ1n) is 9.78. The van der Waals surface area contributed by atoms with Crippen LogP contribution < -0.4 is 4.74 Å². The fourth-order valence-electron chi connectivity index (χ4n) is 3.45. The number of nitrogens with zero attached hydrogens (tertiary/aromatic N) is 1. The number of carboxylic acids is 1. The molecular formula is C24H19Cl2NO4S. The molecule has 0 fully saturated rings. The molecule has 1 atom stereocenters. The van der Waals surface area contributed by atoms with Crippen molar-refractivity contribution >= 4 is 51.2 Å². The van der Waals surface area contributed by atoms with E-state index in [0.717, 1.165) is 0 Å². The lowest BCUT2D eigenvalue weighted by Crippen LogP contribution is -2.08. The number of rotatable bonds is 6. The molecule has 4 aromatic rings. The number of halogens is 2. The van der Waals surface area contributed by atoms with Gasteiger partial charge in [-0.1, -0.05) is 23.2 Å². The Bertz CT molecular complexity index is 1280. The Balaban J connectivity index is 1.82. The van der Waals surface area contributed by atoms with E-state index in [9.17, 15) is 14.5 Å². The largest absolute Gasteiger partial charge is 0.606 e. The minimum absolute atomic E-state index is 0.0252. The van der Waals surface area contributed by atoms with Crippen LogP contribution in [0.3, 0.4) is 0 Å². The van der Waals surface area contributed by atoms with Crippen molar-refractivity contribution < 1.29 is 19.2 Å². The predicted molar refractivity (Wildman–Crippen MR) is 127 cm³/mol. The summed E-state index contributed by atoms with van der Waals surface area (Å²) in [6.45, 7) is 3.86. The van der Waals surface area contributed by atoms with E-state index in [2.05, 4.69) is 0 Å². The number of carboxylic acid groups (broad SMARTS) is 1. The molecule has 1 N–H and O–H groups in total. The van der Waals surface area contributed by atoms with Gasteiger partial charge in [0.1, 0.15) is 5.75 Å². The molecule has 1 aromatic heterocycles. The molecular weight excluding hydrogens is 469 g/mol. The zero-order valence-corrected chi connectivity index (χ0v) is 19.5. The van der Waals surface area contributed by atoms with Gasteiger partial charge in [-0.15, -0.1) is 0 Å². The number of aromatic nitrogens is 1. The molecule has 1 heterocycles. The van der Waals surface area contributed by atoms with E-state index >= 15 is 0 Å². The van der Waals surface area contributed by atoms with E-state index in [4.69, 9.17) is 27.9 Å². The zero-order chi connectivity index (χ0) is 23.0. The normalized spacial score (nSPS) is 12.3. The van der Waals surface area contributed by atoms with Gasteiger partial charge in [-0.25, -0.2) is 4.79 Å². The summed E-state index contributed by atoms with van der Waals surface area (Å²) in [4.78, 5) is 13.2. The van der Waals surface area contributed by atoms with Gasteiger partial charge in [0.25, 0.3) is 0 Å². The number of ether oxygens (including phenoxy) is 1.